The van der Waals surface area contributed by atoms with E-state index in [1.807, 2.05) is 6.92 Å². The summed E-state index contributed by atoms with van der Waals surface area (Å²) in [6.45, 7) is 2.18. The summed E-state index contributed by atoms with van der Waals surface area (Å²) in [6.07, 6.45) is 1.52. The van der Waals surface area contributed by atoms with Crippen molar-refractivity contribution < 1.29 is 28.5 Å². The highest BCUT2D eigenvalue weighted by molar-refractivity contribution is 6.33. The molecular weight excluding hydrogens is 432 g/mol. The van der Waals surface area contributed by atoms with Gasteiger partial charge in [-0.3, -0.25) is 4.79 Å². The zero-order valence-corrected chi connectivity index (χ0v) is 18.1. The molecule has 0 spiro atoms. The summed E-state index contributed by atoms with van der Waals surface area (Å²) in [4.78, 5) is 25.6. The van der Waals surface area contributed by atoms with Gasteiger partial charge in [0, 0.05) is 11.6 Å². The van der Waals surface area contributed by atoms with Crippen LogP contribution in [0.1, 0.15) is 33.2 Å². The highest BCUT2D eigenvalue weighted by Gasteiger charge is 2.28. The largest absolute Gasteiger partial charge is 0.497 e. The molecule has 0 radical (unpaired) electrons. The van der Waals surface area contributed by atoms with E-state index in [2.05, 4.69) is 0 Å². The number of hydrogen-bond donors (Lipinski definition) is 0. The number of ether oxygens (including phenoxy) is 4. The maximum atomic E-state index is 12.8. The molecule has 1 heterocycles. The normalized spacial score (nSPS) is 13.5. The summed E-state index contributed by atoms with van der Waals surface area (Å²) < 4.78 is 22.3. The minimum Gasteiger partial charge on any atom is -0.497 e. The summed E-state index contributed by atoms with van der Waals surface area (Å²) in [5.41, 5.74) is 1.08. The van der Waals surface area contributed by atoms with Gasteiger partial charge in [0.25, 0.3) is 0 Å². The third kappa shape index (κ3) is 4.18. The van der Waals surface area contributed by atoms with Gasteiger partial charge in [0.1, 0.15) is 11.5 Å². The van der Waals surface area contributed by atoms with Crippen LogP contribution in [-0.4, -0.2) is 25.5 Å². The second kappa shape index (κ2) is 9.16. The number of fused-ring (bicyclic) bond motifs is 1. The number of esters is 1. The Morgan fingerprint density at radius 3 is 2.66 bits per heavy atom. The molecule has 0 aliphatic carbocycles. The van der Waals surface area contributed by atoms with Crippen LogP contribution in [0.4, 0.5) is 0 Å². The van der Waals surface area contributed by atoms with E-state index in [0.717, 1.165) is 0 Å². The predicted molar refractivity (Wildman–Crippen MR) is 120 cm³/mol. The number of hydrogen-bond acceptors (Lipinski definition) is 6. The first-order valence-corrected chi connectivity index (χ1v) is 10.2. The third-order valence-electron chi connectivity index (χ3n) is 4.76. The number of ketones is 1. The van der Waals surface area contributed by atoms with Crippen molar-refractivity contribution in [3.05, 3.63) is 88.1 Å². The fourth-order valence-corrected chi connectivity index (χ4v) is 3.45. The lowest BCUT2D eigenvalue weighted by Gasteiger charge is -2.14. The molecule has 0 aromatic heterocycles. The van der Waals surface area contributed by atoms with Gasteiger partial charge in [0.05, 0.1) is 29.9 Å². The van der Waals surface area contributed by atoms with E-state index < -0.39 is 5.97 Å². The Labute approximate surface area is 189 Å². The Morgan fingerprint density at radius 2 is 1.91 bits per heavy atom. The average molecular weight is 451 g/mol. The molecule has 0 saturated carbocycles. The minimum absolute atomic E-state index is 0.0944. The molecule has 3 aromatic rings. The van der Waals surface area contributed by atoms with Crippen molar-refractivity contribution in [3.63, 3.8) is 0 Å². The van der Waals surface area contributed by atoms with E-state index in [1.54, 1.807) is 60.7 Å². The van der Waals surface area contributed by atoms with Gasteiger partial charge in [-0.05, 0) is 43.3 Å². The third-order valence-corrected chi connectivity index (χ3v) is 5.09. The van der Waals surface area contributed by atoms with Crippen molar-refractivity contribution in [1.29, 1.82) is 0 Å². The van der Waals surface area contributed by atoms with E-state index in [1.165, 1.54) is 13.2 Å². The van der Waals surface area contributed by atoms with E-state index in [9.17, 15) is 9.59 Å². The van der Waals surface area contributed by atoms with Crippen molar-refractivity contribution in [1.82, 2.24) is 0 Å². The van der Waals surface area contributed by atoms with Crippen molar-refractivity contribution >= 4 is 29.4 Å². The van der Waals surface area contributed by atoms with Crippen LogP contribution in [0.2, 0.25) is 5.02 Å². The average Bonchev–Trinajstić information content (AvgIpc) is 3.10. The Hall–Kier alpha value is -3.77. The molecule has 6 nitrogen and oxygen atoms in total. The van der Waals surface area contributed by atoms with Crippen molar-refractivity contribution in [2.45, 2.75) is 6.92 Å². The summed E-state index contributed by atoms with van der Waals surface area (Å²) in [5, 5.41) is 0.269. The number of Topliss-reactive ketones (excluding diaryl/α,β-unsaturated/α-hetero) is 1. The Morgan fingerprint density at radius 1 is 1.09 bits per heavy atom. The number of rotatable bonds is 6. The maximum absolute atomic E-state index is 12.8. The SMILES string of the molecule is CCOc1cccc(/C=C2\Oc3cc(OC)ccc3C2=O)c1OC(=O)c1ccccc1Cl. The number of benzene rings is 3. The van der Waals surface area contributed by atoms with Crippen LogP contribution in [-0.2, 0) is 0 Å². The lowest BCUT2D eigenvalue weighted by molar-refractivity contribution is 0.0728. The van der Waals surface area contributed by atoms with Gasteiger partial charge in [-0.2, -0.15) is 0 Å². The first-order chi connectivity index (χ1) is 15.5. The molecule has 0 saturated heterocycles. The van der Waals surface area contributed by atoms with Gasteiger partial charge in [-0.25, -0.2) is 4.79 Å². The van der Waals surface area contributed by atoms with Crippen LogP contribution in [0.5, 0.6) is 23.0 Å². The first-order valence-electron chi connectivity index (χ1n) is 9.86. The lowest BCUT2D eigenvalue weighted by Crippen LogP contribution is -2.11. The Bertz CT molecular complexity index is 1230. The van der Waals surface area contributed by atoms with Gasteiger partial charge in [-0.15, -0.1) is 0 Å². The summed E-state index contributed by atoms with van der Waals surface area (Å²) in [7, 11) is 1.54. The van der Waals surface area contributed by atoms with E-state index >= 15 is 0 Å². The molecule has 4 rings (SSSR count). The summed E-state index contributed by atoms with van der Waals surface area (Å²) >= 11 is 6.14. The lowest BCUT2D eigenvalue weighted by atomic mass is 10.1. The quantitative estimate of drug-likeness (QED) is 0.277. The smallest absolute Gasteiger partial charge is 0.345 e. The molecule has 0 N–H and O–H groups in total. The monoisotopic (exact) mass is 450 g/mol. The fraction of sp³-hybridized carbons (Fsp3) is 0.120. The van der Waals surface area contributed by atoms with Crippen LogP contribution in [0.3, 0.4) is 0 Å². The molecule has 3 aromatic carbocycles. The summed E-state index contributed by atoms with van der Waals surface area (Å²) in [5.74, 6) is 0.657. The summed E-state index contributed by atoms with van der Waals surface area (Å²) in [6, 6.07) is 16.7. The molecule has 0 atom stereocenters. The van der Waals surface area contributed by atoms with Crippen molar-refractivity contribution in [2.24, 2.45) is 0 Å². The Balaban J connectivity index is 1.72. The van der Waals surface area contributed by atoms with Crippen LogP contribution in [0.25, 0.3) is 6.08 Å². The maximum Gasteiger partial charge on any atom is 0.345 e. The zero-order valence-electron chi connectivity index (χ0n) is 17.4. The second-order valence-corrected chi connectivity index (χ2v) is 7.19. The number of methoxy groups -OCH3 is 1. The van der Waals surface area contributed by atoms with Crippen molar-refractivity contribution in [3.8, 4) is 23.0 Å². The molecular formula is C25H19ClO6. The molecule has 162 valence electrons. The topological polar surface area (TPSA) is 71.1 Å². The highest BCUT2D eigenvalue weighted by Crippen LogP contribution is 2.38. The van der Waals surface area contributed by atoms with Crippen molar-refractivity contribution in [2.75, 3.05) is 13.7 Å². The number of carbonyl (C=O) groups excluding carboxylic acids is 2. The van der Waals surface area contributed by atoms with Crippen LogP contribution < -0.4 is 18.9 Å². The van der Waals surface area contributed by atoms with E-state index in [-0.39, 0.29) is 27.9 Å². The molecule has 0 amide bonds. The number of para-hydroxylation sites is 1. The van der Waals surface area contributed by atoms with Crippen LogP contribution in [0.15, 0.2) is 66.4 Å². The van der Waals surface area contributed by atoms with Gasteiger partial charge in [-0.1, -0.05) is 35.9 Å². The highest BCUT2D eigenvalue weighted by atomic mass is 35.5. The van der Waals surface area contributed by atoms with Gasteiger partial charge >= 0.3 is 5.97 Å². The zero-order chi connectivity index (χ0) is 22.7. The molecule has 0 fully saturated rings. The number of halogens is 1. The Kier molecular flexibility index (Phi) is 6.14. The van der Waals surface area contributed by atoms with E-state index in [0.29, 0.717) is 35.0 Å². The first kappa shape index (κ1) is 21.5. The van der Waals surface area contributed by atoms with E-state index in [4.69, 9.17) is 30.5 Å². The van der Waals surface area contributed by atoms with Crippen LogP contribution >= 0.6 is 11.6 Å². The standard InChI is InChI=1S/C25H19ClO6/c1-3-30-20-10-6-7-15(24(20)32-25(28)17-8-4-5-9-19(17)26)13-22-23(27)18-12-11-16(29-2)14-21(18)31-22/h4-14H,3H2,1-2H3/b22-13-. The molecule has 32 heavy (non-hydrogen) atoms. The number of allylic oxidation sites excluding steroid dienone is 1. The molecule has 7 heteroatoms. The van der Waals surface area contributed by atoms with Gasteiger partial charge in [0.2, 0.25) is 5.78 Å². The molecule has 0 unspecified atom stereocenters. The molecule has 1 aliphatic heterocycles. The molecule has 0 bridgehead atoms. The predicted octanol–water partition coefficient (Wildman–Crippen LogP) is 5.58. The minimum atomic E-state index is -0.644. The van der Waals surface area contributed by atoms with Gasteiger partial charge in [0.15, 0.2) is 17.3 Å². The number of carbonyl (C=O) groups is 2. The second-order valence-electron chi connectivity index (χ2n) is 6.78. The van der Waals surface area contributed by atoms with Crippen LogP contribution in [0, 0.1) is 0 Å². The molecule has 1 aliphatic rings. The fourth-order valence-electron chi connectivity index (χ4n) is 3.23. The van der Waals surface area contributed by atoms with Gasteiger partial charge < -0.3 is 18.9 Å².